The zero-order valence-electron chi connectivity index (χ0n) is 10.8. The van der Waals surface area contributed by atoms with E-state index < -0.39 is 0 Å². The Morgan fingerprint density at radius 2 is 1.50 bits per heavy atom. The fourth-order valence-electron chi connectivity index (χ4n) is 1.50. The average Bonchev–Trinajstić information content (AvgIpc) is 2.34. The molecule has 2 nitrogen and oxygen atoms in total. The third-order valence-corrected chi connectivity index (χ3v) is 6.77. The fraction of sp³-hybridized carbons (Fsp3) is 0.769. The van der Waals surface area contributed by atoms with E-state index in [1.54, 1.807) is 0 Å². The minimum Gasteiger partial charge on any atom is -0.460 e. The van der Waals surface area contributed by atoms with Gasteiger partial charge < -0.3 is 4.74 Å². The first-order valence-electron chi connectivity index (χ1n) is 6.43. The van der Waals surface area contributed by atoms with E-state index in [9.17, 15) is 4.79 Å². The van der Waals surface area contributed by atoms with Gasteiger partial charge in [-0.05, 0) is 74.2 Å². The van der Waals surface area contributed by atoms with Crippen LogP contribution in [0.25, 0.3) is 0 Å². The maximum absolute atomic E-state index is 11.5. The molecule has 0 aromatic carbocycles. The summed E-state index contributed by atoms with van der Waals surface area (Å²) < 4.78 is 7.46. The molecule has 0 aliphatic rings. The van der Waals surface area contributed by atoms with Crippen LogP contribution in [-0.4, -0.2) is 12.6 Å². The van der Waals surface area contributed by atoms with Crippen LogP contribution in [0.1, 0.15) is 58.3 Å². The van der Waals surface area contributed by atoms with Gasteiger partial charge in [0.15, 0.2) is 0 Å². The van der Waals surface area contributed by atoms with Crippen LogP contribution in [0, 0.1) is 0 Å². The van der Waals surface area contributed by atoms with Gasteiger partial charge in [0.2, 0.25) is 0 Å². The van der Waals surface area contributed by atoms with Crippen molar-refractivity contribution in [2.45, 2.75) is 58.3 Å². The summed E-state index contributed by atoms with van der Waals surface area (Å²) in [6, 6.07) is 0. The summed E-state index contributed by atoms with van der Waals surface area (Å²) in [6.45, 7) is 2.65. The van der Waals surface area contributed by atoms with Gasteiger partial charge in [-0.3, -0.25) is 4.79 Å². The van der Waals surface area contributed by atoms with Crippen LogP contribution < -0.4 is 0 Å². The highest BCUT2D eigenvalue weighted by molar-refractivity contribution is 14.2. The molecule has 0 saturated heterocycles. The molecule has 0 bridgehead atoms. The minimum absolute atomic E-state index is 0.0632. The van der Waals surface area contributed by atoms with Crippen LogP contribution in [0.2, 0.25) is 0 Å². The lowest BCUT2D eigenvalue weighted by Crippen LogP contribution is -2.05. The molecule has 0 amide bonds. The molecule has 0 spiro atoms. The molecule has 0 rings (SSSR count). The van der Waals surface area contributed by atoms with Gasteiger partial charge >= 0.3 is 5.97 Å². The second-order valence-corrected chi connectivity index (χ2v) is 9.72. The molecule has 0 N–H and O–H groups in total. The van der Waals surface area contributed by atoms with Gasteiger partial charge in [0.25, 0.3) is 0 Å². The van der Waals surface area contributed by atoms with Crippen LogP contribution in [0.5, 0.6) is 0 Å². The number of esters is 1. The van der Waals surface area contributed by atoms with Crippen molar-refractivity contribution in [3.05, 3.63) is 5.17 Å². The van der Waals surface area contributed by atoms with Crippen LogP contribution in [-0.2, 0) is 9.53 Å². The summed E-state index contributed by atoms with van der Waals surface area (Å²) in [5, 5.41) is 0. The first kappa shape index (κ1) is 19.4. The summed E-state index contributed by atoms with van der Waals surface area (Å²) >= 11 is 6.68. The Kier molecular flexibility index (Phi) is 14.4. The first-order valence-corrected chi connectivity index (χ1v) is 9.66. The molecule has 5 heteroatoms. The first-order chi connectivity index (χ1) is 8.57. The van der Waals surface area contributed by atoms with Crippen LogP contribution >= 0.6 is 67.8 Å². The maximum atomic E-state index is 11.5. The number of hydrogen-bond donors (Lipinski definition) is 0. The Morgan fingerprint density at radius 3 is 2.06 bits per heavy atom. The molecule has 0 fully saturated rings. The summed E-state index contributed by atoms with van der Waals surface area (Å²) in [6.07, 6.45) is 9.18. The molecule has 18 heavy (non-hydrogen) atoms. The largest absolute Gasteiger partial charge is 0.460 e. The molecule has 0 aliphatic carbocycles. The van der Waals surface area contributed by atoms with E-state index in [1.165, 1.54) is 32.1 Å². The van der Waals surface area contributed by atoms with Crippen LogP contribution in [0.3, 0.4) is 0 Å². The maximum Gasteiger partial charge on any atom is 0.306 e. The Bertz CT molecular complexity index is 261. The van der Waals surface area contributed by atoms with Gasteiger partial charge in [0, 0.05) is 10.0 Å². The third-order valence-electron chi connectivity index (χ3n) is 2.55. The van der Waals surface area contributed by atoms with Gasteiger partial charge in [0.05, 0.1) is 1.59 Å². The molecule has 0 saturated carbocycles. The van der Waals surface area contributed by atoms with Crippen molar-refractivity contribution in [3.8, 4) is 0 Å². The van der Waals surface area contributed by atoms with E-state index in [4.69, 9.17) is 4.74 Å². The molecule has 0 aromatic heterocycles. The molecule has 0 atom stereocenters. The summed E-state index contributed by atoms with van der Waals surface area (Å²) in [4.78, 5) is 11.5. The number of carbonyl (C=O) groups excluding carboxylic acids is 1. The normalized spacial score (nSPS) is 10.2. The predicted molar refractivity (Wildman–Crippen MR) is 103 cm³/mol. The van der Waals surface area contributed by atoms with Gasteiger partial charge in [-0.2, -0.15) is 0 Å². The monoisotopic (exact) mass is 590 g/mol. The van der Waals surface area contributed by atoms with E-state index in [0.29, 0.717) is 13.0 Å². The number of rotatable bonds is 10. The molecule has 0 aliphatic heterocycles. The Morgan fingerprint density at radius 1 is 0.944 bits per heavy atom. The molecule has 0 unspecified atom stereocenters. The van der Waals surface area contributed by atoms with E-state index in [-0.39, 0.29) is 5.97 Å². The number of ether oxygens (including phenoxy) is 1. The lowest BCUT2D eigenvalue weighted by atomic mass is 10.1. The topological polar surface area (TPSA) is 26.3 Å². The summed E-state index contributed by atoms with van der Waals surface area (Å²) in [5.74, 6) is -0.0632. The second-order valence-electron chi connectivity index (χ2n) is 4.20. The van der Waals surface area contributed by atoms with Crippen molar-refractivity contribution < 1.29 is 9.53 Å². The molecule has 106 valence electrons. The van der Waals surface area contributed by atoms with Crippen molar-refractivity contribution in [2.24, 2.45) is 0 Å². The van der Waals surface area contributed by atoms with Crippen molar-refractivity contribution in [1.82, 2.24) is 0 Å². The Balaban J connectivity index is 3.41. The highest BCUT2D eigenvalue weighted by atomic mass is 127. The lowest BCUT2D eigenvalue weighted by Gasteiger charge is -2.04. The number of halogens is 3. The highest BCUT2D eigenvalue weighted by Crippen LogP contribution is 2.25. The smallest absolute Gasteiger partial charge is 0.306 e. The number of unbranched alkanes of at least 4 members (excludes halogenated alkanes) is 6. The standard InChI is InChI=1S/C13H21I3O2/c1-2-3-4-5-6-7-8-9-12(17)18-10-11(14)13(15)16/h2-10H2,1H3. The number of hydrogen-bond acceptors (Lipinski definition) is 2. The van der Waals surface area contributed by atoms with Gasteiger partial charge in [-0.15, -0.1) is 0 Å². The van der Waals surface area contributed by atoms with Gasteiger partial charge in [0.1, 0.15) is 6.61 Å². The lowest BCUT2D eigenvalue weighted by molar-refractivity contribution is -0.142. The summed E-state index contributed by atoms with van der Waals surface area (Å²) in [5.41, 5.74) is 0. The quantitative estimate of drug-likeness (QED) is 0.174. The molecular weight excluding hydrogens is 569 g/mol. The van der Waals surface area contributed by atoms with E-state index in [1.807, 2.05) is 0 Å². The summed E-state index contributed by atoms with van der Waals surface area (Å²) in [7, 11) is 0. The van der Waals surface area contributed by atoms with Crippen molar-refractivity contribution in [2.75, 3.05) is 6.61 Å². The van der Waals surface area contributed by atoms with Crippen LogP contribution in [0.15, 0.2) is 5.17 Å². The second kappa shape index (κ2) is 13.4. The molecule has 0 aromatic rings. The molecule has 0 heterocycles. The Hall–Kier alpha value is 1.40. The predicted octanol–water partition coefficient (Wildman–Crippen LogP) is 6.14. The van der Waals surface area contributed by atoms with Gasteiger partial charge in [-0.25, -0.2) is 0 Å². The SMILES string of the molecule is CCCCCCCCCC(=O)OCC(I)=C(I)I. The van der Waals surface area contributed by atoms with Crippen LogP contribution in [0.4, 0.5) is 0 Å². The molecule has 0 radical (unpaired) electrons. The number of carbonyl (C=O) groups is 1. The third kappa shape index (κ3) is 12.4. The fourth-order valence-corrected chi connectivity index (χ4v) is 1.96. The van der Waals surface area contributed by atoms with E-state index >= 15 is 0 Å². The van der Waals surface area contributed by atoms with E-state index in [0.717, 1.165) is 18.0 Å². The van der Waals surface area contributed by atoms with Crippen molar-refractivity contribution >= 4 is 73.7 Å². The molecular formula is C13H21I3O2. The Labute approximate surface area is 151 Å². The van der Waals surface area contributed by atoms with Crippen molar-refractivity contribution in [3.63, 3.8) is 0 Å². The zero-order chi connectivity index (χ0) is 13.8. The van der Waals surface area contributed by atoms with Crippen molar-refractivity contribution in [1.29, 1.82) is 0 Å². The highest BCUT2D eigenvalue weighted by Gasteiger charge is 2.05. The van der Waals surface area contributed by atoms with E-state index in [2.05, 4.69) is 74.7 Å². The average molecular weight is 590 g/mol. The van der Waals surface area contributed by atoms with Gasteiger partial charge in [-0.1, -0.05) is 45.4 Å². The minimum atomic E-state index is -0.0632. The zero-order valence-corrected chi connectivity index (χ0v) is 17.3.